The molecule has 1 aliphatic rings. The highest BCUT2D eigenvalue weighted by atomic mass is 16.5. The molecular weight excluding hydrogens is 663 g/mol. The van der Waals surface area contributed by atoms with Crippen molar-refractivity contribution in [3.05, 3.63) is 0 Å². The summed E-state index contributed by atoms with van der Waals surface area (Å²) in [6, 6.07) is 0. The van der Waals surface area contributed by atoms with Crippen LogP contribution in [0.15, 0.2) is 0 Å². The van der Waals surface area contributed by atoms with E-state index in [2.05, 4.69) is 18.7 Å². The van der Waals surface area contributed by atoms with Gasteiger partial charge in [0.05, 0.1) is 30.5 Å². The van der Waals surface area contributed by atoms with E-state index >= 15 is 0 Å². The van der Waals surface area contributed by atoms with Crippen molar-refractivity contribution in [1.29, 1.82) is 0 Å². The standard InChI is InChI=1S/C46H87NO6/c1-7-9-11-13-15-17-19-29-39-51-43(49)45(3,4)34-25-21-23-31-41(53-42(48)33-38-47-36-27-28-37-47)32-24-22-26-35-46(5,6)44(50)52-40-30-20-18-16-14-12-10-8-2/h41H,7-40H2,1-6H3. The number of nitrogens with zero attached hydrogens (tertiary/aromatic N) is 1. The molecule has 0 aromatic rings. The van der Waals surface area contributed by atoms with Crippen molar-refractivity contribution in [2.45, 2.75) is 234 Å². The molecule has 312 valence electrons. The number of unbranched alkanes of at least 4 members (excludes halogenated alkanes) is 18. The number of carbonyl (C=O) groups excluding carboxylic acids is 3. The van der Waals surface area contributed by atoms with Gasteiger partial charge in [-0.15, -0.1) is 0 Å². The van der Waals surface area contributed by atoms with E-state index in [4.69, 9.17) is 14.2 Å². The maximum atomic E-state index is 12.8. The monoisotopic (exact) mass is 750 g/mol. The van der Waals surface area contributed by atoms with Crippen LogP contribution in [0, 0.1) is 10.8 Å². The number of ether oxygens (including phenoxy) is 3. The molecule has 0 saturated carbocycles. The van der Waals surface area contributed by atoms with E-state index in [-0.39, 0.29) is 24.0 Å². The Bertz CT molecular complexity index is 856. The predicted molar refractivity (Wildman–Crippen MR) is 221 cm³/mol. The van der Waals surface area contributed by atoms with E-state index in [1.165, 1.54) is 89.9 Å². The van der Waals surface area contributed by atoms with Gasteiger partial charge in [0.25, 0.3) is 0 Å². The highest BCUT2D eigenvalue weighted by Gasteiger charge is 2.30. The molecule has 0 bridgehead atoms. The molecule has 1 saturated heterocycles. The molecular formula is C46H87NO6. The highest BCUT2D eigenvalue weighted by Crippen LogP contribution is 2.28. The maximum Gasteiger partial charge on any atom is 0.311 e. The molecule has 0 amide bonds. The van der Waals surface area contributed by atoms with Crippen molar-refractivity contribution in [1.82, 2.24) is 4.90 Å². The largest absolute Gasteiger partial charge is 0.465 e. The van der Waals surface area contributed by atoms with Gasteiger partial charge in [-0.05, 0) is 105 Å². The molecule has 0 aromatic heterocycles. The Morgan fingerprint density at radius 3 is 1.32 bits per heavy atom. The fourth-order valence-electron chi connectivity index (χ4n) is 7.39. The van der Waals surface area contributed by atoms with Gasteiger partial charge in [-0.25, -0.2) is 0 Å². The van der Waals surface area contributed by atoms with Gasteiger partial charge >= 0.3 is 17.9 Å². The summed E-state index contributed by atoms with van der Waals surface area (Å²) in [6.45, 7) is 16.5. The van der Waals surface area contributed by atoms with Gasteiger partial charge in [-0.1, -0.05) is 129 Å². The van der Waals surface area contributed by atoms with E-state index in [1.54, 1.807) is 0 Å². The summed E-state index contributed by atoms with van der Waals surface area (Å²) in [5.74, 6) is -0.238. The van der Waals surface area contributed by atoms with Crippen LogP contribution in [-0.2, 0) is 28.6 Å². The highest BCUT2D eigenvalue weighted by molar-refractivity contribution is 5.76. The van der Waals surface area contributed by atoms with Crippen molar-refractivity contribution in [2.24, 2.45) is 10.8 Å². The third-order valence-corrected chi connectivity index (χ3v) is 11.4. The van der Waals surface area contributed by atoms with E-state index < -0.39 is 10.8 Å². The van der Waals surface area contributed by atoms with Crippen LogP contribution in [-0.4, -0.2) is 61.8 Å². The van der Waals surface area contributed by atoms with Gasteiger partial charge in [0.2, 0.25) is 0 Å². The van der Waals surface area contributed by atoms with Crippen molar-refractivity contribution >= 4 is 17.9 Å². The third kappa shape index (κ3) is 26.8. The summed E-state index contributed by atoms with van der Waals surface area (Å²) < 4.78 is 17.4. The Hall–Kier alpha value is -1.63. The SMILES string of the molecule is CCCCCCCCCCOC(=O)C(C)(C)CCCCCC(CCCCCC(C)(C)C(=O)OCCCCCCCCCC)OC(=O)CCN1CCCC1. The van der Waals surface area contributed by atoms with Crippen molar-refractivity contribution in [3.63, 3.8) is 0 Å². The fourth-order valence-corrected chi connectivity index (χ4v) is 7.39. The van der Waals surface area contributed by atoms with Crippen LogP contribution in [0.25, 0.3) is 0 Å². The van der Waals surface area contributed by atoms with E-state index in [9.17, 15) is 14.4 Å². The zero-order chi connectivity index (χ0) is 39.0. The Kier molecular flexibility index (Phi) is 29.4. The van der Waals surface area contributed by atoms with Crippen molar-refractivity contribution in [3.8, 4) is 0 Å². The second kappa shape index (κ2) is 31.6. The van der Waals surface area contributed by atoms with E-state index in [0.29, 0.717) is 19.6 Å². The molecule has 1 aliphatic heterocycles. The Labute approximate surface area is 328 Å². The molecule has 0 spiro atoms. The molecule has 0 aliphatic carbocycles. The lowest BCUT2D eigenvalue weighted by molar-refractivity contribution is -0.155. The zero-order valence-corrected chi connectivity index (χ0v) is 36.0. The number of carbonyl (C=O) groups is 3. The Morgan fingerprint density at radius 1 is 0.528 bits per heavy atom. The first-order valence-corrected chi connectivity index (χ1v) is 22.8. The summed E-state index contributed by atoms with van der Waals surface area (Å²) in [5.41, 5.74) is -0.954. The minimum absolute atomic E-state index is 0.0738. The van der Waals surface area contributed by atoms with Gasteiger partial charge in [0.1, 0.15) is 6.10 Å². The first-order chi connectivity index (χ1) is 25.5. The van der Waals surface area contributed by atoms with Crippen LogP contribution >= 0.6 is 0 Å². The third-order valence-electron chi connectivity index (χ3n) is 11.4. The summed E-state index contributed by atoms with van der Waals surface area (Å²) >= 11 is 0. The van der Waals surface area contributed by atoms with Crippen LogP contribution in [0.1, 0.15) is 228 Å². The van der Waals surface area contributed by atoms with E-state index in [1.807, 2.05) is 27.7 Å². The van der Waals surface area contributed by atoms with Crippen molar-refractivity contribution in [2.75, 3.05) is 32.8 Å². The van der Waals surface area contributed by atoms with Crippen molar-refractivity contribution < 1.29 is 28.6 Å². The molecule has 7 nitrogen and oxygen atoms in total. The van der Waals surface area contributed by atoms with Crippen LogP contribution in [0.4, 0.5) is 0 Å². The topological polar surface area (TPSA) is 82.1 Å². The Morgan fingerprint density at radius 2 is 0.906 bits per heavy atom. The molecule has 0 unspecified atom stereocenters. The summed E-state index contributed by atoms with van der Waals surface area (Å²) in [4.78, 5) is 40.8. The number of rotatable bonds is 36. The minimum atomic E-state index is -0.477. The molecule has 0 N–H and O–H groups in total. The molecule has 53 heavy (non-hydrogen) atoms. The molecule has 0 atom stereocenters. The lowest BCUT2D eigenvalue weighted by Crippen LogP contribution is -2.27. The summed E-state index contributed by atoms with van der Waals surface area (Å²) in [7, 11) is 0. The van der Waals surface area contributed by atoms with Crippen LogP contribution in [0.5, 0.6) is 0 Å². The summed E-state index contributed by atoms with van der Waals surface area (Å²) in [6.07, 6.45) is 31.8. The first-order valence-electron chi connectivity index (χ1n) is 22.8. The second-order valence-electron chi connectivity index (χ2n) is 17.6. The van der Waals surface area contributed by atoms with Crippen LogP contribution in [0.2, 0.25) is 0 Å². The van der Waals surface area contributed by atoms with E-state index in [0.717, 1.165) is 110 Å². The normalized spacial score (nSPS) is 13.9. The fraction of sp³-hybridized carbons (Fsp3) is 0.935. The second-order valence-corrected chi connectivity index (χ2v) is 17.6. The Balaban J connectivity index is 2.36. The lowest BCUT2D eigenvalue weighted by atomic mass is 9.86. The summed E-state index contributed by atoms with van der Waals surface area (Å²) in [5, 5.41) is 0. The lowest BCUT2D eigenvalue weighted by Gasteiger charge is -2.23. The average Bonchev–Trinajstić information content (AvgIpc) is 3.66. The number of esters is 3. The van der Waals surface area contributed by atoms with Gasteiger partial charge < -0.3 is 19.1 Å². The molecule has 0 aromatic carbocycles. The van der Waals surface area contributed by atoms with Crippen LogP contribution in [0.3, 0.4) is 0 Å². The molecule has 1 fully saturated rings. The van der Waals surface area contributed by atoms with Gasteiger partial charge in [0.15, 0.2) is 0 Å². The molecule has 7 heteroatoms. The maximum absolute atomic E-state index is 12.8. The first kappa shape index (κ1) is 49.4. The number of likely N-dealkylation sites (tertiary alicyclic amines) is 1. The average molecular weight is 750 g/mol. The zero-order valence-electron chi connectivity index (χ0n) is 36.0. The van der Waals surface area contributed by atoms with Crippen LogP contribution < -0.4 is 0 Å². The number of hydrogen-bond donors (Lipinski definition) is 0. The van der Waals surface area contributed by atoms with Gasteiger partial charge in [-0.2, -0.15) is 0 Å². The number of hydrogen-bond acceptors (Lipinski definition) is 7. The van der Waals surface area contributed by atoms with Gasteiger partial charge in [-0.3, -0.25) is 14.4 Å². The minimum Gasteiger partial charge on any atom is -0.465 e. The molecule has 1 rings (SSSR count). The van der Waals surface area contributed by atoms with Gasteiger partial charge in [0, 0.05) is 6.54 Å². The molecule has 1 heterocycles. The predicted octanol–water partition coefficient (Wildman–Crippen LogP) is 12.7. The smallest absolute Gasteiger partial charge is 0.311 e. The molecule has 0 radical (unpaired) electrons. The quantitative estimate of drug-likeness (QED) is 0.0358.